The Morgan fingerprint density at radius 3 is 2.43 bits per heavy atom. The quantitative estimate of drug-likeness (QED) is 0.880. The Labute approximate surface area is 135 Å². The highest BCUT2D eigenvalue weighted by Crippen LogP contribution is 2.23. The Kier molecular flexibility index (Phi) is 4.90. The van der Waals surface area contributed by atoms with E-state index < -0.39 is 15.9 Å². The van der Waals surface area contributed by atoms with E-state index in [2.05, 4.69) is 10.0 Å². The molecule has 0 radical (unpaired) electrons. The van der Waals surface area contributed by atoms with Gasteiger partial charge < -0.3 is 10.1 Å². The van der Waals surface area contributed by atoms with Crippen LogP contribution in [0.1, 0.15) is 15.9 Å². The molecule has 122 valence electrons. The zero-order chi connectivity index (χ0) is 17.0. The average molecular weight is 334 g/mol. The Morgan fingerprint density at radius 2 is 1.83 bits per heavy atom. The van der Waals surface area contributed by atoms with Crippen molar-refractivity contribution in [1.29, 1.82) is 0 Å². The maximum atomic E-state index is 12.4. The number of hydrogen-bond acceptors (Lipinski definition) is 4. The summed E-state index contributed by atoms with van der Waals surface area (Å²) in [5.74, 6) is 0.323. The average Bonchev–Trinajstić information content (AvgIpc) is 2.46. The van der Waals surface area contributed by atoms with Gasteiger partial charge in [-0.25, -0.2) is 8.42 Å². The van der Waals surface area contributed by atoms with Gasteiger partial charge in [0.05, 0.1) is 24.6 Å². The summed E-state index contributed by atoms with van der Waals surface area (Å²) in [7, 11) is -1.89. The van der Waals surface area contributed by atoms with Gasteiger partial charge in [0.1, 0.15) is 5.75 Å². The van der Waals surface area contributed by atoms with Gasteiger partial charge in [-0.05, 0) is 42.8 Å². The number of ether oxygens (including phenoxy) is 1. The van der Waals surface area contributed by atoms with Crippen molar-refractivity contribution in [1.82, 2.24) is 0 Å². The normalized spacial score (nSPS) is 10.9. The first-order chi connectivity index (χ1) is 10.8. The summed E-state index contributed by atoms with van der Waals surface area (Å²) in [6.07, 6.45) is 1.04. The van der Waals surface area contributed by atoms with Crippen LogP contribution >= 0.6 is 0 Å². The summed E-state index contributed by atoms with van der Waals surface area (Å²) < 4.78 is 30.3. The van der Waals surface area contributed by atoms with E-state index >= 15 is 0 Å². The van der Waals surface area contributed by atoms with Gasteiger partial charge in [-0.2, -0.15) is 0 Å². The molecule has 7 heteroatoms. The summed E-state index contributed by atoms with van der Waals surface area (Å²) in [5, 5.41) is 2.75. The van der Waals surface area contributed by atoms with E-state index in [1.54, 1.807) is 43.5 Å². The number of aryl methyl sites for hydroxylation is 1. The number of hydrogen-bond donors (Lipinski definition) is 2. The first-order valence-electron chi connectivity index (χ1n) is 6.83. The molecule has 0 unspecified atom stereocenters. The molecule has 0 bridgehead atoms. The highest BCUT2D eigenvalue weighted by atomic mass is 32.2. The molecule has 0 aliphatic heterocycles. The molecule has 0 aliphatic carbocycles. The van der Waals surface area contributed by atoms with Crippen LogP contribution in [0.15, 0.2) is 42.5 Å². The number of benzene rings is 2. The molecule has 0 fully saturated rings. The SMILES string of the molecule is COc1ccc(NC(=O)c2ccccc2NS(C)(=O)=O)cc1C. The minimum absolute atomic E-state index is 0.234. The van der Waals surface area contributed by atoms with Crippen molar-refractivity contribution in [2.24, 2.45) is 0 Å². The number of amides is 1. The Hall–Kier alpha value is -2.54. The predicted molar refractivity (Wildman–Crippen MR) is 90.6 cm³/mol. The van der Waals surface area contributed by atoms with Crippen molar-refractivity contribution in [3.05, 3.63) is 53.6 Å². The van der Waals surface area contributed by atoms with Crippen LogP contribution in [-0.4, -0.2) is 27.7 Å². The first kappa shape index (κ1) is 16.8. The molecule has 0 aliphatic rings. The summed E-state index contributed by atoms with van der Waals surface area (Å²) in [4.78, 5) is 12.4. The second-order valence-electron chi connectivity index (χ2n) is 5.06. The third-order valence-corrected chi connectivity index (χ3v) is 3.71. The summed E-state index contributed by atoms with van der Waals surface area (Å²) in [6.45, 7) is 1.87. The lowest BCUT2D eigenvalue weighted by Gasteiger charge is -2.12. The lowest BCUT2D eigenvalue weighted by Crippen LogP contribution is -2.17. The molecule has 2 N–H and O–H groups in total. The second-order valence-corrected chi connectivity index (χ2v) is 6.81. The Bertz CT molecular complexity index is 832. The fourth-order valence-corrected chi connectivity index (χ4v) is 2.70. The zero-order valence-electron chi connectivity index (χ0n) is 13.1. The third kappa shape index (κ3) is 4.46. The number of carbonyl (C=O) groups is 1. The highest BCUT2D eigenvalue weighted by Gasteiger charge is 2.14. The van der Waals surface area contributed by atoms with Crippen LogP contribution in [0.2, 0.25) is 0 Å². The lowest BCUT2D eigenvalue weighted by atomic mass is 10.1. The highest BCUT2D eigenvalue weighted by molar-refractivity contribution is 7.92. The van der Waals surface area contributed by atoms with E-state index in [9.17, 15) is 13.2 Å². The number of sulfonamides is 1. The van der Waals surface area contributed by atoms with Crippen molar-refractivity contribution in [2.45, 2.75) is 6.92 Å². The van der Waals surface area contributed by atoms with E-state index in [0.29, 0.717) is 5.69 Å². The van der Waals surface area contributed by atoms with E-state index in [0.717, 1.165) is 17.6 Å². The molecule has 0 aromatic heterocycles. The van der Waals surface area contributed by atoms with Crippen LogP contribution in [0.4, 0.5) is 11.4 Å². The number of anilines is 2. The maximum Gasteiger partial charge on any atom is 0.257 e. The largest absolute Gasteiger partial charge is 0.496 e. The third-order valence-electron chi connectivity index (χ3n) is 3.12. The topological polar surface area (TPSA) is 84.5 Å². The van der Waals surface area contributed by atoms with Crippen LogP contribution < -0.4 is 14.8 Å². The van der Waals surface area contributed by atoms with Gasteiger partial charge in [0, 0.05) is 5.69 Å². The van der Waals surface area contributed by atoms with Gasteiger partial charge in [0.15, 0.2) is 0 Å². The van der Waals surface area contributed by atoms with Crippen molar-refractivity contribution in [3.8, 4) is 5.75 Å². The first-order valence-corrected chi connectivity index (χ1v) is 8.72. The van der Waals surface area contributed by atoms with Gasteiger partial charge in [-0.1, -0.05) is 12.1 Å². The molecule has 6 nitrogen and oxygen atoms in total. The summed E-state index contributed by atoms with van der Waals surface area (Å²) in [5.41, 5.74) is 1.96. The predicted octanol–water partition coefficient (Wildman–Crippen LogP) is 2.63. The number of para-hydroxylation sites is 1. The smallest absolute Gasteiger partial charge is 0.257 e. The monoisotopic (exact) mass is 334 g/mol. The van der Waals surface area contributed by atoms with E-state index in [4.69, 9.17) is 4.74 Å². The molecule has 0 heterocycles. The molecular weight excluding hydrogens is 316 g/mol. The minimum Gasteiger partial charge on any atom is -0.496 e. The van der Waals surface area contributed by atoms with Crippen molar-refractivity contribution in [3.63, 3.8) is 0 Å². The fraction of sp³-hybridized carbons (Fsp3) is 0.188. The number of methoxy groups -OCH3 is 1. The van der Waals surface area contributed by atoms with Crippen LogP contribution in [0.5, 0.6) is 5.75 Å². The van der Waals surface area contributed by atoms with Crippen molar-refractivity contribution >= 4 is 27.3 Å². The van der Waals surface area contributed by atoms with Crippen LogP contribution in [0.3, 0.4) is 0 Å². The van der Waals surface area contributed by atoms with Gasteiger partial charge in [-0.15, -0.1) is 0 Å². The number of carbonyl (C=O) groups excluding carboxylic acids is 1. The summed E-state index contributed by atoms with van der Waals surface area (Å²) >= 11 is 0. The molecule has 2 aromatic carbocycles. The minimum atomic E-state index is -3.47. The Morgan fingerprint density at radius 1 is 1.13 bits per heavy atom. The van der Waals surface area contributed by atoms with E-state index in [1.165, 1.54) is 6.07 Å². The molecule has 1 amide bonds. The standard InChI is InChI=1S/C16H18N2O4S/c1-11-10-12(8-9-15(11)22-2)17-16(19)13-6-4-5-7-14(13)18-23(3,20)21/h4-10,18H,1-3H3,(H,17,19). The van der Waals surface area contributed by atoms with Crippen molar-refractivity contribution in [2.75, 3.05) is 23.4 Å². The van der Waals surface area contributed by atoms with Gasteiger partial charge >= 0.3 is 0 Å². The number of rotatable bonds is 5. The number of nitrogens with one attached hydrogen (secondary N) is 2. The van der Waals surface area contributed by atoms with Crippen LogP contribution in [-0.2, 0) is 10.0 Å². The van der Waals surface area contributed by atoms with Gasteiger partial charge in [-0.3, -0.25) is 9.52 Å². The molecular formula is C16H18N2O4S. The van der Waals surface area contributed by atoms with Crippen LogP contribution in [0, 0.1) is 6.92 Å². The van der Waals surface area contributed by atoms with Crippen LogP contribution in [0.25, 0.3) is 0 Å². The Balaban J connectivity index is 2.26. The lowest BCUT2D eigenvalue weighted by molar-refractivity contribution is 0.102. The van der Waals surface area contributed by atoms with Crippen molar-refractivity contribution < 1.29 is 17.9 Å². The molecule has 23 heavy (non-hydrogen) atoms. The van der Waals surface area contributed by atoms with E-state index in [-0.39, 0.29) is 11.3 Å². The molecule has 2 rings (SSSR count). The van der Waals surface area contributed by atoms with Gasteiger partial charge in [0.2, 0.25) is 10.0 Å². The van der Waals surface area contributed by atoms with E-state index in [1.807, 2.05) is 6.92 Å². The molecule has 0 spiro atoms. The molecule has 0 atom stereocenters. The molecule has 0 saturated heterocycles. The second kappa shape index (κ2) is 6.70. The van der Waals surface area contributed by atoms with Gasteiger partial charge in [0.25, 0.3) is 5.91 Å². The zero-order valence-corrected chi connectivity index (χ0v) is 13.9. The fourth-order valence-electron chi connectivity index (χ4n) is 2.12. The summed E-state index contributed by atoms with van der Waals surface area (Å²) in [6, 6.07) is 11.7. The maximum absolute atomic E-state index is 12.4. The molecule has 2 aromatic rings. The molecule has 0 saturated carbocycles.